The van der Waals surface area contributed by atoms with Crippen molar-refractivity contribution in [3.63, 3.8) is 0 Å². The molecule has 0 unspecified atom stereocenters. The van der Waals surface area contributed by atoms with Crippen LogP contribution in [-0.2, 0) is 0 Å². The van der Waals surface area contributed by atoms with Gasteiger partial charge in [-0.3, -0.25) is 0 Å². The van der Waals surface area contributed by atoms with Gasteiger partial charge >= 0.3 is 0 Å². The van der Waals surface area contributed by atoms with Crippen LogP contribution in [0.4, 0.5) is 0 Å². The summed E-state index contributed by atoms with van der Waals surface area (Å²) in [7, 11) is 0. The van der Waals surface area contributed by atoms with Crippen LogP contribution < -0.4 is 0 Å². The molecule has 52 valence electrons. The van der Waals surface area contributed by atoms with Gasteiger partial charge in [-0.25, -0.2) is 0 Å². The minimum Gasteiger partial charge on any atom is -0.0928 e. The average molecular weight is 189 g/mol. The van der Waals surface area contributed by atoms with Crippen molar-refractivity contribution in [3.05, 3.63) is 12.3 Å². The standard InChI is InChI=1S/C8H13Br/c9-7-6-8-4-2-1-3-5-8/h1H,2-7H2. The molecule has 0 nitrogen and oxygen atoms in total. The van der Waals surface area contributed by atoms with Crippen molar-refractivity contribution in [2.75, 3.05) is 5.33 Å². The van der Waals surface area contributed by atoms with Crippen LogP contribution in [-0.4, -0.2) is 5.33 Å². The highest BCUT2D eigenvalue weighted by Gasteiger charge is 2.12. The van der Waals surface area contributed by atoms with Crippen molar-refractivity contribution in [3.8, 4) is 0 Å². The third-order valence-electron chi connectivity index (χ3n) is 1.85. The molecule has 0 aromatic heterocycles. The van der Waals surface area contributed by atoms with Gasteiger partial charge < -0.3 is 0 Å². The Morgan fingerprint density at radius 1 is 1.33 bits per heavy atom. The Hall–Kier alpha value is 0.480. The summed E-state index contributed by atoms with van der Waals surface area (Å²) in [5, 5.41) is 1.16. The highest BCUT2D eigenvalue weighted by molar-refractivity contribution is 9.09. The fraction of sp³-hybridized carbons (Fsp3) is 0.750. The van der Waals surface area contributed by atoms with E-state index >= 15 is 0 Å². The molecule has 1 heteroatoms. The van der Waals surface area contributed by atoms with Gasteiger partial charge in [0.05, 0.1) is 0 Å². The predicted octanol–water partition coefficient (Wildman–Crippen LogP) is 3.12. The highest BCUT2D eigenvalue weighted by atomic mass is 79.9. The van der Waals surface area contributed by atoms with Gasteiger partial charge in [-0.05, 0) is 44.4 Å². The summed E-state index contributed by atoms with van der Waals surface area (Å²) in [6.07, 6.45) is 9.05. The second kappa shape index (κ2) is 4.32. The van der Waals surface area contributed by atoms with Crippen LogP contribution in [0.3, 0.4) is 0 Å². The first kappa shape index (κ1) is 7.59. The van der Waals surface area contributed by atoms with Crippen LogP contribution in [0.5, 0.6) is 0 Å². The van der Waals surface area contributed by atoms with Crippen molar-refractivity contribution in [1.82, 2.24) is 0 Å². The first-order valence-electron chi connectivity index (χ1n) is 3.64. The zero-order valence-electron chi connectivity index (χ0n) is 5.70. The molecule has 0 amide bonds. The molecule has 1 rings (SSSR count). The Balaban J connectivity index is 2.08. The molecule has 0 aromatic rings. The highest BCUT2D eigenvalue weighted by Crippen LogP contribution is 2.27. The first-order valence-corrected chi connectivity index (χ1v) is 4.77. The largest absolute Gasteiger partial charge is 0.0928 e. The van der Waals surface area contributed by atoms with E-state index in [-0.39, 0.29) is 0 Å². The van der Waals surface area contributed by atoms with Gasteiger partial charge in [0.25, 0.3) is 0 Å². The summed E-state index contributed by atoms with van der Waals surface area (Å²) in [4.78, 5) is 0. The van der Waals surface area contributed by atoms with Gasteiger partial charge in [-0.2, -0.15) is 0 Å². The van der Waals surface area contributed by atoms with Crippen LogP contribution in [0, 0.1) is 12.3 Å². The molecular formula is C8H13Br. The summed E-state index contributed by atoms with van der Waals surface area (Å²) in [5.74, 6) is 1.76. The van der Waals surface area contributed by atoms with E-state index in [0.717, 1.165) is 5.33 Å². The lowest BCUT2D eigenvalue weighted by Gasteiger charge is -2.19. The molecule has 0 heterocycles. The van der Waals surface area contributed by atoms with E-state index < -0.39 is 0 Å². The topological polar surface area (TPSA) is 0 Å². The molecule has 0 aliphatic heterocycles. The number of rotatable bonds is 2. The number of hydrogen-bond acceptors (Lipinski definition) is 0. The van der Waals surface area contributed by atoms with Gasteiger partial charge in [-0.15, -0.1) is 0 Å². The molecule has 0 bridgehead atoms. The Bertz CT molecular complexity index is 62.2. The van der Waals surface area contributed by atoms with E-state index in [2.05, 4.69) is 22.4 Å². The molecule has 0 saturated heterocycles. The van der Waals surface area contributed by atoms with Crippen molar-refractivity contribution in [1.29, 1.82) is 0 Å². The summed E-state index contributed by atoms with van der Waals surface area (Å²) in [6, 6.07) is 0. The Morgan fingerprint density at radius 2 is 2.00 bits per heavy atom. The second-order valence-electron chi connectivity index (χ2n) is 2.56. The summed E-state index contributed by atoms with van der Waals surface area (Å²) >= 11 is 3.45. The molecule has 1 saturated carbocycles. The number of halogens is 1. The molecular weight excluding hydrogens is 176 g/mol. The van der Waals surface area contributed by atoms with Crippen LogP contribution in [0.25, 0.3) is 0 Å². The predicted molar refractivity (Wildman–Crippen MR) is 44.4 cm³/mol. The van der Waals surface area contributed by atoms with Gasteiger partial charge in [0, 0.05) is 5.33 Å². The SMILES string of the molecule is BrCC[C]1CC[CH]CC1. The van der Waals surface area contributed by atoms with E-state index in [1.54, 1.807) is 5.92 Å². The van der Waals surface area contributed by atoms with Gasteiger partial charge in [0.2, 0.25) is 0 Å². The molecule has 1 aliphatic carbocycles. The third kappa shape index (κ3) is 2.70. The summed E-state index contributed by atoms with van der Waals surface area (Å²) < 4.78 is 0. The first-order chi connectivity index (χ1) is 4.43. The fourth-order valence-corrected chi connectivity index (χ4v) is 1.83. The molecule has 9 heavy (non-hydrogen) atoms. The molecule has 0 N–H and O–H groups in total. The number of hydrogen-bond donors (Lipinski definition) is 0. The monoisotopic (exact) mass is 188 g/mol. The minimum absolute atomic E-state index is 1.16. The quantitative estimate of drug-likeness (QED) is 0.585. The van der Waals surface area contributed by atoms with Gasteiger partial charge in [0.15, 0.2) is 0 Å². The molecule has 0 spiro atoms. The third-order valence-corrected chi connectivity index (χ3v) is 2.25. The van der Waals surface area contributed by atoms with Crippen LogP contribution in [0.15, 0.2) is 0 Å². The van der Waals surface area contributed by atoms with Gasteiger partial charge in [0.1, 0.15) is 0 Å². The van der Waals surface area contributed by atoms with Crippen LogP contribution in [0.2, 0.25) is 0 Å². The molecule has 0 aromatic carbocycles. The zero-order chi connectivity index (χ0) is 6.53. The average Bonchev–Trinajstić information content (AvgIpc) is 1.91. The van der Waals surface area contributed by atoms with Crippen molar-refractivity contribution in [2.45, 2.75) is 32.1 Å². The van der Waals surface area contributed by atoms with Crippen LogP contribution >= 0.6 is 15.9 Å². The number of alkyl halides is 1. The van der Waals surface area contributed by atoms with E-state index in [0.29, 0.717) is 0 Å². The maximum absolute atomic E-state index is 3.45. The van der Waals surface area contributed by atoms with Crippen molar-refractivity contribution in [2.24, 2.45) is 0 Å². The Morgan fingerprint density at radius 3 is 2.56 bits per heavy atom. The maximum Gasteiger partial charge on any atom is 0.00367 e. The summed E-state index contributed by atoms with van der Waals surface area (Å²) in [5.41, 5.74) is 0. The maximum atomic E-state index is 3.45. The van der Waals surface area contributed by atoms with E-state index in [4.69, 9.17) is 0 Å². The lowest BCUT2D eigenvalue weighted by molar-refractivity contribution is 0.600. The Labute approximate surface area is 66.2 Å². The minimum atomic E-state index is 1.16. The molecule has 1 fully saturated rings. The Kier molecular flexibility index (Phi) is 3.64. The van der Waals surface area contributed by atoms with E-state index in [1.807, 2.05) is 0 Å². The van der Waals surface area contributed by atoms with Crippen molar-refractivity contribution >= 4 is 15.9 Å². The second-order valence-corrected chi connectivity index (χ2v) is 3.35. The smallest absolute Gasteiger partial charge is 0.00367 e. The molecule has 0 atom stereocenters. The summed E-state index contributed by atoms with van der Waals surface area (Å²) in [6.45, 7) is 0. The zero-order valence-corrected chi connectivity index (χ0v) is 7.28. The van der Waals surface area contributed by atoms with Crippen molar-refractivity contribution < 1.29 is 0 Å². The fourth-order valence-electron chi connectivity index (χ4n) is 1.27. The lowest BCUT2D eigenvalue weighted by atomic mass is 9.88. The normalized spacial score (nSPS) is 22.3. The molecule has 2 radical (unpaired) electrons. The van der Waals surface area contributed by atoms with E-state index in [9.17, 15) is 0 Å². The van der Waals surface area contributed by atoms with Gasteiger partial charge in [-0.1, -0.05) is 15.9 Å². The van der Waals surface area contributed by atoms with Crippen LogP contribution in [0.1, 0.15) is 32.1 Å². The lowest BCUT2D eigenvalue weighted by Crippen LogP contribution is -2.04. The molecule has 1 aliphatic rings. The van der Waals surface area contributed by atoms with E-state index in [1.165, 1.54) is 32.1 Å².